The van der Waals surface area contributed by atoms with Gasteiger partial charge in [-0.05, 0) is 41.0 Å². The molecule has 4 nitrogen and oxygen atoms in total. The summed E-state index contributed by atoms with van der Waals surface area (Å²) in [6, 6.07) is 20.9. The number of hydrogen-bond acceptors (Lipinski definition) is 3. The number of aromatic nitrogens is 1. The first kappa shape index (κ1) is 16.6. The fraction of sp³-hybridized carbons (Fsp3) is 0.0526. The molecule has 1 atom stereocenters. The number of anilines is 1. The number of pyridine rings is 1. The van der Waals surface area contributed by atoms with E-state index >= 15 is 0 Å². The smallest absolute Gasteiger partial charge is 0.246 e. The maximum absolute atomic E-state index is 12.5. The van der Waals surface area contributed by atoms with Crippen molar-refractivity contribution in [3.8, 4) is 11.1 Å². The summed E-state index contributed by atoms with van der Waals surface area (Å²) in [6.45, 7) is 0. The Kier molecular flexibility index (Phi) is 5.55. The van der Waals surface area contributed by atoms with Gasteiger partial charge in [0.1, 0.15) is 6.04 Å². The van der Waals surface area contributed by atoms with Gasteiger partial charge >= 0.3 is 0 Å². The molecule has 0 aliphatic rings. The van der Waals surface area contributed by atoms with Gasteiger partial charge < -0.3 is 5.32 Å². The van der Waals surface area contributed by atoms with Crippen LogP contribution < -0.4 is 8.85 Å². The second-order valence-electron chi connectivity index (χ2n) is 5.26. The highest BCUT2D eigenvalue weighted by molar-refractivity contribution is 14.1. The van der Waals surface area contributed by atoms with Crippen LogP contribution in [0.3, 0.4) is 0 Å². The van der Waals surface area contributed by atoms with Crippen molar-refractivity contribution in [1.82, 2.24) is 8.51 Å². The molecule has 0 radical (unpaired) electrons. The number of benzene rings is 2. The number of halogens is 1. The molecule has 3 aromatic rings. The van der Waals surface area contributed by atoms with Crippen molar-refractivity contribution >= 4 is 34.5 Å². The predicted molar refractivity (Wildman–Crippen MR) is 105 cm³/mol. The normalized spacial score (nSPS) is 11.7. The molecular weight excluding hydrogens is 413 g/mol. The van der Waals surface area contributed by atoms with Crippen LogP contribution in [0.25, 0.3) is 11.1 Å². The molecule has 5 heteroatoms. The molecule has 1 amide bonds. The molecule has 1 heterocycles. The zero-order valence-electron chi connectivity index (χ0n) is 12.8. The van der Waals surface area contributed by atoms with E-state index in [1.54, 1.807) is 12.4 Å². The van der Waals surface area contributed by atoms with E-state index in [9.17, 15) is 4.79 Å². The van der Waals surface area contributed by atoms with Crippen LogP contribution in [0.5, 0.6) is 0 Å². The topological polar surface area (TPSA) is 54.0 Å². The van der Waals surface area contributed by atoms with Gasteiger partial charge in [0.25, 0.3) is 0 Å². The lowest BCUT2D eigenvalue weighted by molar-refractivity contribution is -0.117. The molecule has 24 heavy (non-hydrogen) atoms. The van der Waals surface area contributed by atoms with E-state index in [0.717, 1.165) is 22.4 Å². The first-order chi connectivity index (χ1) is 11.8. The molecule has 0 saturated carbocycles. The van der Waals surface area contributed by atoms with Gasteiger partial charge in [0, 0.05) is 40.9 Å². The van der Waals surface area contributed by atoms with Gasteiger partial charge in [-0.1, -0.05) is 42.5 Å². The van der Waals surface area contributed by atoms with Gasteiger partial charge in [-0.3, -0.25) is 9.78 Å². The summed E-state index contributed by atoms with van der Waals surface area (Å²) in [7, 11) is 0. The monoisotopic (exact) mass is 429 g/mol. The lowest BCUT2D eigenvalue weighted by Gasteiger charge is -2.15. The standard InChI is InChI=1S/C19H16IN3O/c20-23-18(16-4-2-1-3-5-16)19(24)22-17-8-6-14(7-9-17)15-10-12-21-13-11-15/h1-13,18,23H,(H,22,24). The lowest BCUT2D eigenvalue weighted by Crippen LogP contribution is -2.27. The Labute approximate surface area is 154 Å². The average Bonchev–Trinajstić information content (AvgIpc) is 2.64. The molecule has 2 N–H and O–H groups in total. The molecule has 1 unspecified atom stereocenters. The molecule has 0 aliphatic heterocycles. The third-order valence-corrected chi connectivity index (χ3v) is 4.29. The third-order valence-electron chi connectivity index (χ3n) is 3.67. The predicted octanol–water partition coefficient (Wildman–Crippen LogP) is 4.37. The van der Waals surface area contributed by atoms with Crippen LogP contribution in [0.15, 0.2) is 79.1 Å². The maximum atomic E-state index is 12.5. The van der Waals surface area contributed by atoms with E-state index in [0.29, 0.717) is 0 Å². The minimum Gasteiger partial charge on any atom is -0.324 e. The zero-order chi connectivity index (χ0) is 16.8. The fourth-order valence-corrected chi connectivity index (χ4v) is 3.06. The highest BCUT2D eigenvalue weighted by Gasteiger charge is 2.19. The van der Waals surface area contributed by atoms with Crippen molar-refractivity contribution in [3.63, 3.8) is 0 Å². The highest BCUT2D eigenvalue weighted by Crippen LogP contribution is 2.22. The fourth-order valence-electron chi connectivity index (χ4n) is 2.41. The molecule has 2 aromatic carbocycles. The summed E-state index contributed by atoms with van der Waals surface area (Å²) >= 11 is 2.01. The summed E-state index contributed by atoms with van der Waals surface area (Å²) in [5.74, 6) is -0.0905. The van der Waals surface area contributed by atoms with Crippen LogP contribution in [0, 0.1) is 0 Å². The molecule has 3 rings (SSSR count). The van der Waals surface area contributed by atoms with Crippen molar-refractivity contribution < 1.29 is 4.79 Å². The largest absolute Gasteiger partial charge is 0.324 e. The van der Waals surface area contributed by atoms with Crippen molar-refractivity contribution in [2.75, 3.05) is 5.32 Å². The Bertz CT molecular complexity index is 792. The van der Waals surface area contributed by atoms with E-state index < -0.39 is 6.04 Å². The number of carbonyl (C=O) groups is 1. The molecule has 1 aromatic heterocycles. The molecule has 0 spiro atoms. The quantitative estimate of drug-likeness (QED) is 0.468. The number of amides is 1. The van der Waals surface area contributed by atoms with Crippen LogP contribution >= 0.6 is 22.9 Å². The van der Waals surface area contributed by atoms with Gasteiger partial charge in [-0.2, -0.15) is 0 Å². The zero-order valence-corrected chi connectivity index (χ0v) is 15.0. The second-order valence-corrected chi connectivity index (χ2v) is 5.88. The van der Waals surface area contributed by atoms with Gasteiger partial charge in [0.2, 0.25) is 5.91 Å². The number of rotatable bonds is 5. The molecule has 0 fully saturated rings. The summed E-state index contributed by atoms with van der Waals surface area (Å²) in [4.78, 5) is 16.5. The second kappa shape index (κ2) is 8.03. The average molecular weight is 429 g/mol. The van der Waals surface area contributed by atoms with Crippen LogP contribution in [0.4, 0.5) is 5.69 Å². The highest BCUT2D eigenvalue weighted by atomic mass is 127. The maximum Gasteiger partial charge on any atom is 0.246 e. The number of carbonyl (C=O) groups excluding carboxylic acids is 1. The van der Waals surface area contributed by atoms with Crippen molar-refractivity contribution in [3.05, 3.63) is 84.7 Å². The summed E-state index contributed by atoms with van der Waals surface area (Å²) < 4.78 is 3.03. The summed E-state index contributed by atoms with van der Waals surface area (Å²) in [6.07, 6.45) is 3.53. The minimum absolute atomic E-state index is 0.0905. The Balaban J connectivity index is 1.72. The molecule has 0 bridgehead atoms. The van der Waals surface area contributed by atoms with E-state index in [1.165, 1.54) is 0 Å². The van der Waals surface area contributed by atoms with E-state index in [1.807, 2.05) is 89.6 Å². The van der Waals surface area contributed by atoms with Crippen LogP contribution in [0.2, 0.25) is 0 Å². The summed E-state index contributed by atoms with van der Waals surface area (Å²) in [5, 5.41) is 2.95. The van der Waals surface area contributed by atoms with Crippen molar-refractivity contribution in [1.29, 1.82) is 0 Å². The van der Waals surface area contributed by atoms with Gasteiger partial charge in [-0.25, -0.2) is 3.53 Å². The third kappa shape index (κ3) is 3.98. The SMILES string of the molecule is O=C(Nc1ccc(-c2ccncc2)cc1)C(NI)c1ccccc1. The molecule has 0 aliphatic carbocycles. The Morgan fingerprint density at radius 2 is 1.50 bits per heavy atom. The minimum atomic E-state index is -0.397. The van der Waals surface area contributed by atoms with Gasteiger partial charge in [0.05, 0.1) is 0 Å². The van der Waals surface area contributed by atoms with Crippen molar-refractivity contribution in [2.24, 2.45) is 0 Å². The van der Waals surface area contributed by atoms with Crippen LogP contribution in [-0.2, 0) is 4.79 Å². The van der Waals surface area contributed by atoms with Crippen LogP contribution in [-0.4, -0.2) is 10.9 Å². The lowest BCUT2D eigenvalue weighted by atomic mass is 10.1. The number of nitrogens with one attached hydrogen (secondary N) is 2. The molecular formula is C19H16IN3O. The number of hydrogen-bond donors (Lipinski definition) is 2. The van der Waals surface area contributed by atoms with Crippen molar-refractivity contribution in [2.45, 2.75) is 6.04 Å². The van der Waals surface area contributed by atoms with E-state index in [-0.39, 0.29) is 5.91 Å². The van der Waals surface area contributed by atoms with Crippen LogP contribution in [0.1, 0.15) is 11.6 Å². The Morgan fingerprint density at radius 3 is 2.12 bits per heavy atom. The molecule has 120 valence electrons. The van der Waals surface area contributed by atoms with E-state index in [4.69, 9.17) is 0 Å². The number of nitrogens with zero attached hydrogens (tertiary/aromatic N) is 1. The summed E-state index contributed by atoms with van der Waals surface area (Å²) in [5.41, 5.74) is 3.88. The van der Waals surface area contributed by atoms with Gasteiger partial charge in [0.15, 0.2) is 0 Å². The Hall–Kier alpha value is -2.25. The van der Waals surface area contributed by atoms with Gasteiger partial charge in [-0.15, -0.1) is 0 Å². The Morgan fingerprint density at radius 1 is 0.875 bits per heavy atom. The molecule has 0 saturated heterocycles. The van der Waals surface area contributed by atoms with E-state index in [2.05, 4.69) is 13.8 Å². The first-order valence-electron chi connectivity index (χ1n) is 7.50. The first-order valence-corrected chi connectivity index (χ1v) is 8.58.